The Balaban J connectivity index is 1.62. The molecule has 2 aromatic rings. The van der Waals surface area contributed by atoms with Gasteiger partial charge >= 0.3 is 5.97 Å². The van der Waals surface area contributed by atoms with E-state index in [4.69, 9.17) is 9.84 Å². The van der Waals surface area contributed by atoms with Crippen molar-refractivity contribution in [2.45, 2.75) is 38.8 Å². The molecule has 4 nitrogen and oxygen atoms in total. The fraction of sp³-hybridized carbons (Fsp3) is 0.350. The van der Waals surface area contributed by atoms with Crippen LogP contribution in [0.3, 0.4) is 0 Å². The summed E-state index contributed by atoms with van der Waals surface area (Å²) in [4.78, 5) is 13.2. The summed E-state index contributed by atoms with van der Waals surface area (Å²) in [5.74, 6) is 0.0833. The van der Waals surface area contributed by atoms with Gasteiger partial charge in [0.05, 0.1) is 6.42 Å². The van der Waals surface area contributed by atoms with Crippen LogP contribution in [0.2, 0.25) is 0 Å². The highest BCUT2D eigenvalue weighted by atomic mass is 79.9. The first-order valence-electron chi connectivity index (χ1n) is 8.49. The Morgan fingerprint density at radius 1 is 1.28 bits per heavy atom. The molecule has 0 amide bonds. The number of nitrogens with zero attached hydrogens (tertiary/aromatic N) is 1. The van der Waals surface area contributed by atoms with E-state index in [1.165, 1.54) is 5.56 Å². The van der Waals surface area contributed by atoms with Crippen molar-refractivity contribution in [3.05, 3.63) is 58.1 Å². The maximum Gasteiger partial charge on any atom is 0.305 e. The van der Waals surface area contributed by atoms with E-state index in [1.54, 1.807) is 0 Å². The number of carboxylic acids is 1. The first-order chi connectivity index (χ1) is 12.0. The van der Waals surface area contributed by atoms with E-state index in [1.807, 2.05) is 36.4 Å². The Hall–Kier alpha value is -2.01. The number of aliphatic carboxylic acids is 1. The molecule has 0 aliphatic carbocycles. The van der Waals surface area contributed by atoms with Crippen LogP contribution in [-0.2, 0) is 11.4 Å². The van der Waals surface area contributed by atoms with Gasteiger partial charge < -0.3 is 14.7 Å². The van der Waals surface area contributed by atoms with Crippen LogP contribution < -0.4 is 9.64 Å². The quantitative estimate of drug-likeness (QED) is 0.753. The molecule has 132 valence electrons. The van der Waals surface area contributed by atoms with E-state index in [-0.39, 0.29) is 12.5 Å². The predicted octanol–water partition coefficient (Wildman–Crippen LogP) is 4.78. The van der Waals surface area contributed by atoms with Crippen molar-refractivity contribution in [1.82, 2.24) is 0 Å². The zero-order valence-corrected chi connectivity index (χ0v) is 15.8. The molecule has 0 aromatic heterocycles. The molecule has 1 N–H and O–H groups in total. The fourth-order valence-corrected chi connectivity index (χ4v) is 3.53. The van der Waals surface area contributed by atoms with Gasteiger partial charge in [0.2, 0.25) is 0 Å². The standard InChI is InChI=1S/C20H22BrNO3/c1-14-11-15(4-9-19(14)21)13-25-18-7-5-16(6-8-18)22-10-2-3-17(22)12-20(23)24/h4-9,11,17H,2-3,10,12-13H2,1H3,(H,23,24). The van der Waals surface area contributed by atoms with Gasteiger partial charge in [0, 0.05) is 22.7 Å². The van der Waals surface area contributed by atoms with Crippen molar-refractivity contribution in [2.75, 3.05) is 11.4 Å². The van der Waals surface area contributed by atoms with Crippen LogP contribution in [0.15, 0.2) is 46.9 Å². The van der Waals surface area contributed by atoms with E-state index in [0.29, 0.717) is 6.61 Å². The second kappa shape index (κ2) is 7.91. The number of anilines is 1. The Bertz CT molecular complexity index is 745. The Kier molecular flexibility index (Phi) is 5.63. The lowest BCUT2D eigenvalue weighted by atomic mass is 10.1. The minimum absolute atomic E-state index is 0.0926. The molecule has 25 heavy (non-hydrogen) atoms. The molecule has 1 unspecified atom stereocenters. The minimum Gasteiger partial charge on any atom is -0.489 e. The van der Waals surface area contributed by atoms with Gasteiger partial charge in [-0.25, -0.2) is 0 Å². The van der Waals surface area contributed by atoms with Gasteiger partial charge in [-0.3, -0.25) is 4.79 Å². The SMILES string of the molecule is Cc1cc(COc2ccc(N3CCCC3CC(=O)O)cc2)ccc1Br. The molecule has 0 spiro atoms. The number of hydrogen-bond donors (Lipinski definition) is 1. The van der Waals surface area contributed by atoms with Crippen molar-refractivity contribution in [3.8, 4) is 5.75 Å². The van der Waals surface area contributed by atoms with Gasteiger partial charge in [0.1, 0.15) is 12.4 Å². The number of aryl methyl sites for hydroxylation is 1. The molecule has 1 heterocycles. The van der Waals surface area contributed by atoms with E-state index >= 15 is 0 Å². The smallest absolute Gasteiger partial charge is 0.305 e. The van der Waals surface area contributed by atoms with Crippen LogP contribution in [0.4, 0.5) is 5.69 Å². The second-order valence-electron chi connectivity index (χ2n) is 6.45. The highest BCUT2D eigenvalue weighted by Gasteiger charge is 2.26. The molecule has 0 saturated carbocycles. The van der Waals surface area contributed by atoms with Crippen LogP contribution in [0.5, 0.6) is 5.75 Å². The molecule has 1 saturated heterocycles. The molecule has 1 aliphatic heterocycles. The van der Waals surface area contributed by atoms with E-state index in [9.17, 15) is 4.79 Å². The average Bonchev–Trinajstić information content (AvgIpc) is 3.04. The van der Waals surface area contributed by atoms with Gasteiger partial charge in [-0.05, 0) is 61.2 Å². The van der Waals surface area contributed by atoms with E-state index in [0.717, 1.165) is 40.9 Å². The summed E-state index contributed by atoms with van der Waals surface area (Å²) in [5.41, 5.74) is 3.39. The number of ether oxygens (including phenoxy) is 1. The molecule has 1 aliphatic rings. The van der Waals surface area contributed by atoms with E-state index < -0.39 is 5.97 Å². The molecule has 1 atom stereocenters. The van der Waals surface area contributed by atoms with Crippen LogP contribution in [0, 0.1) is 6.92 Å². The van der Waals surface area contributed by atoms with Crippen molar-refractivity contribution >= 4 is 27.6 Å². The molecule has 0 radical (unpaired) electrons. The summed E-state index contributed by atoms with van der Waals surface area (Å²) in [7, 11) is 0. The minimum atomic E-state index is -0.735. The topological polar surface area (TPSA) is 49.8 Å². The van der Waals surface area contributed by atoms with Gasteiger partial charge in [0.15, 0.2) is 0 Å². The molecule has 1 fully saturated rings. The summed E-state index contributed by atoms with van der Waals surface area (Å²) < 4.78 is 6.97. The first kappa shape index (κ1) is 17.8. The number of carbonyl (C=O) groups is 1. The zero-order valence-electron chi connectivity index (χ0n) is 14.2. The number of rotatable bonds is 6. The molecular formula is C20H22BrNO3. The Labute approximate surface area is 156 Å². The highest BCUT2D eigenvalue weighted by Crippen LogP contribution is 2.29. The third kappa shape index (κ3) is 4.54. The van der Waals surface area contributed by atoms with Crippen molar-refractivity contribution in [1.29, 1.82) is 0 Å². The van der Waals surface area contributed by atoms with Gasteiger partial charge in [-0.2, -0.15) is 0 Å². The number of benzene rings is 2. The third-order valence-electron chi connectivity index (χ3n) is 4.58. The number of carboxylic acid groups (broad SMARTS) is 1. The maximum atomic E-state index is 11.0. The summed E-state index contributed by atoms with van der Waals surface area (Å²) >= 11 is 3.50. The van der Waals surface area contributed by atoms with Gasteiger partial charge in [0.25, 0.3) is 0 Å². The molecule has 5 heteroatoms. The van der Waals surface area contributed by atoms with Crippen LogP contribution in [0.1, 0.15) is 30.4 Å². The predicted molar refractivity (Wildman–Crippen MR) is 102 cm³/mol. The molecular weight excluding hydrogens is 382 g/mol. The lowest BCUT2D eigenvalue weighted by Gasteiger charge is -2.25. The van der Waals surface area contributed by atoms with Crippen LogP contribution in [0.25, 0.3) is 0 Å². The summed E-state index contributed by atoms with van der Waals surface area (Å²) in [5, 5.41) is 9.05. The van der Waals surface area contributed by atoms with Crippen LogP contribution >= 0.6 is 15.9 Å². The summed E-state index contributed by atoms with van der Waals surface area (Å²) in [6.07, 6.45) is 2.17. The lowest BCUT2D eigenvalue weighted by molar-refractivity contribution is -0.137. The maximum absolute atomic E-state index is 11.0. The fourth-order valence-electron chi connectivity index (χ4n) is 3.29. The van der Waals surface area contributed by atoms with Crippen molar-refractivity contribution in [2.24, 2.45) is 0 Å². The van der Waals surface area contributed by atoms with Gasteiger partial charge in [-0.1, -0.05) is 28.1 Å². The van der Waals surface area contributed by atoms with E-state index in [2.05, 4.69) is 33.8 Å². The summed E-state index contributed by atoms with van der Waals surface area (Å²) in [6.45, 7) is 3.50. The lowest BCUT2D eigenvalue weighted by Crippen LogP contribution is -2.31. The Morgan fingerprint density at radius 3 is 2.72 bits per heavy atom. The molecule has 2 aromatic carbocycles. The monoisotopic (exact) mass is 403 g/mol. The number of halogens is 1. The normalized spacial score (nSPS) is 16.9. The van der Waals surface area contributed by atoms with Gasteiger partial charge in [-0.15, -0.1) is 0 Å². The average molecular weight is 404 g/mol. The second-order valence-corrected chi connectivity index (χ2v) is 7.31. The van der Waals surface area contributed by atoms with Crippen molar-refractivity contribution < 1.29 is 14.6 Å². The molecule has 3 rings (SSSR count). The first-order valence-corrected chi connectivity index (χ1v) is 9.28. The van der Waals surface area contributed by atoms with Crippen molar-refractivity contribution in [3.63, 3.8) is 0 Å². The zero-order chi connectivity index (χ0) is 17.8. The molecule has 0 bridgehead atoms. The largest absolute Gasteiger partial charge is 0.489 e. The third-order valence-corrected chi connectivity index (χ3v) is 5.47. The number of hydrogen-bond acceptors (Lipinski definition) is 3. The summed E-state index contributed by atoms with van der Waals surface area (Å²) in [6, 6.07) is 14.2. The Morgan fingerprint density at radius 2 is 2.04 bits per heavy atom. The van der Waals surface area contributed by atoms with Crippen LogP contribution in [-0.4, -0.2) is 23.7 Å². The highest BCUT2D eigenvalue weighted by molar-refractivity contribution is 9.10.